The van der Waals surface area contributed by atoms with Gasteiger partial charge in [-0.2, -0.15) is 0 Å². The van der Waals surface area contributed by atoms with Crippen molar-refractivity contribution in [2.75, 3.05) is 13.1 Å². The number of carbonyl (C=O) groups excluding carboxylic acids is 1. The Kier molecular flexibility index (Phi) is 4.97. The normalized spacial score (nSPS) is 17.0. The smallest absolute Gasteiger partial charge is 0.410 e. The van der Waals surface area contributed by atoms with Gasteiger partial charge in [-0.05, 0) is 31.9 Å². The minimum atomic E-state index is -0.539. The van der Waals surface area contributed by atoms with E-state index in [-0.39, 0.29) is 23.0 Å². The molecule has 1 atom stereocenters. The molecule has 2 aromatic rings. The molecule has 1 aromatic heterocycles. The van der Waals surface area contributed by atoms with Crippen LogP contribution in [-0.4, -0.2) is 38.6 Å². The number of hydrogen-bond acceptors (Lipinski definition) is 6. The number of benzene rings is 1. The predicted molar refractivity (Wildman–Crippen MR) is 92.2 cm³/mol. The van der Waals surface area contributed by atoms with E-state index < -0.39 is 11.0 Å². The predicted octanol–water partition coefficient (Wildman–Crippen LogP) is 2.30. The van der Waals surface area contributed by atoms with Crippen molar-refractivity contribution in [2.45, 2.75) is 25.8 Å². The molecule has 9 nitrogen and oxygen atoms in total. The van der Waals surface area contributed by atoms with Crippen LogP contribution in [0.4, 0.5) is 10.5 Å². The van der Waals surface area contributed by atoms with Gasteiger partial charge in [0.2, 0.25) is 0 Å². The zero-order valence-corrected chi connectivity index (χ0v) is 14.2. The van der Waals surface area contributed by atoms with E-state index in [0.29, 0.717) is 18.8 Å². The quantitative estimate of drug-likeness (QED) is 0.615. The summed E-state index contributed by atoms with van der Waals surface area (Å²) in [5, 5.41) is 10.7. The highest BCUT2D eigenvalue weighted by molar-refractivity contribution is 5.71. The van der Waals surface area contributed by atoms with Gasteiger partial charge in [0.1, 0.15) is 11.4 Å². The van der Waals surface area contributed by atoms with Gasteiger partial charge in [-0.15, -0.1) is 0 Å². The molecule has 0 radical (unpaired) electrons. The number of rotatable bonds is 3. The minimum Gasteiger partial charge on any atom is -0.410 e. The second-order valence-electron chi connectivity index (χ2n) is 6.09. The van der Waals surface area contributed by atoms with Crippen LogP contribution in [0.3, 0.4) is 0 Å². The molecular weight excluding hydrogens is 340 g/mol. The van der Waals surface area contributed by atoms with Gasteiger partial charge in [0.25, 0.3) is 11.2 Å². The maximum Gasteiger partial charge on any atom is 0.415 e. The Morgan fingerprint density at radius 1 is 1.35 bits per heavy atom. The molecule has 0 bridgehead atoms. The van der Waals surface area contributed by atoms with Crippen molar-refractivity contribution in [1.82, 2.24) is 14.5 Å². The van der Waals surface area contributed by atoms with Crippen molar-refractivity contribution in [3.8, 4) is 5.75 Å². The molecule has 136 valence electrons. The van der Waals surface area contributed by atoms with Gasteiger partial charge in [-0.3, -0.25) is 19.9 Å². The van der Waals surface area contributed by atoms with Gasteiger partial charge in [0.05, 0.1) is 11.0 Å². The first-order chi connectivity index (χ1) is 12.5. The van der Waals surface area contributed by atoms with E-state index in [1.807, 2.05) is 0 Å². The Morgan fingerprint density at radius 3 is 2.77 bits per heavy atom. The lowest BCUT2D eigenvalue weighted by Crippen LogP contribution is -2.44. The monoisotopic (exact) mass is 358 g/mol. The number of ether oxygens (including phenoxy) is 1. The van der Waals surface area contributed by atoms with Crippen molar-refractivity contribution >= 4 is 11.8 Å². The number of piperidine rings is 1. The summed E-state index contributed by atoms with van der Waals surface area (Å²) in [5.74, 6) is 0.236. The molecule has 1 aliphatic rings. The van der Waals surface area contributed by atoms with Crippen LogP contribution >= 0.6 is 0 Å². The zero-order chi connectivity index (χ0) is 18.7. The number of nitro benzene ring substituents is 1. The van der Waals surface area contributed by atoms with Gasteiger partial charge in [-0.25, -0.2) is 4.79 Å². The number of nitrogens with zero attached hydrogens (tertiary/aromatic N) is 4. The van der Waals surface area contributed by atoms with Crippen LogP contribution in [0.5, 0.6) is 5.75 Å². The van der Waals surface area contributed by atoms with E-state index >= 15 is 0 Å². The summed E-state index contributed by atoms with van der Waals surface area (Å²) in [6, 6.07) is 5.19. The van der Waals surface area contributed by atoms with E-state index in [1.165, 1.54) is 29.2 Å². The molecule has 1 aliphatic heterocycles. The molecule has 1 fully saturated rings. The van der Waals surface area contributed by atoms with Crippen LogP contribution in [0.15, 0.2) is 41.5 Å². The van der Waals surface area contributed by atoms with Crippen molar-refractivity contribution in [2.24, 2.45) is 0 Å². The van der Waals surface area contributed by atoms with E-state index in [1.54, 1.807) is 23.9 Å². The molecule has 0 saturated carbocycles. The van der Waals surface area contributed by atoms with Gasteiger partial charge in [0.15, 0.2) is 0 Å². The summed E-state index contributed by atoms with van der Waals surface area (Å²) in [4.78, 5) is 40.3. The van der Waals surface area contributed by atoms with Gasteiger partial charge in [-0.1, -0.05) is 0 Å². The highest BCUT2D eigenvalue weighted by atomic mass is 16.6. The summed E-state index contributed by atoms with van der Waals surface area (Å²) >= 11 is 0. The van der Waals surface area contributed by atoms with Crippen LogP contribution in [-0.2, 0) is 0 Å². The molecule has 26 heavy (non-hydrogen) atoms. The third-order valence-corrected chi connectivity index (χ3v) is 4.34. The lowest BCUT2D eigenvalue weighted by Gasteiger charge is -2.32. The Hall–Kier alpha value is -3.23. The Bertz CT molecular complexity index is 877. The van der Waals surface area contributed by atoms with E-state index in [9.17, 15) is 19.7 Å². The molecule has 0 spiro atoms. The van der Waals surface area contributed by atoms with Crippen LogP contribution in [0.1, 0.15) is 24.6 Å². The number of non-ortho nitro benzene ring substituents is 1. The largest absolute Gasteiger partial charge is 0.415 e. The maximum absolute atomic E-state index is 12.4. The molecule has 0 unspecified atom stereocenters. The number of hydrogen-bond donors (Lipinski definition) is 0. The molecule has 2 heterocycles. The summed E-state index contributed by atoms with van der Waals surface area (Å²) in [6.07, 6.45) is 4.19. The van der Waals surface area contributed by atoms with Gasteiger partial charge >= 0.3 is 6.09 Å². The number of nitro groups is 1. The fraction of sp³-hybridized carbons (Fsp3) is 0.353. The zero-order valence-electron chi connectivity index (χ0n) is 14.2. The molecule has 0 N–H and O–H groups in total. The van der Waals surface area contributed by atoms with Crippen LogP contribution < -0.4 is 10.3 Å². The average molecular weight is 358 g/mol. The number of aryl methyl sites for hydroxylation is 1. The number of aromatic nitrogens is 2. The molecule has 0 aliphatic carbocycles. The lowest BCUT2D eigenvalue weighted by atomic mass is 10.1. The molecule has 1 aromatic carbocycles. The number of likely N-dealkylation sites (tertiary alicyclic amines) is 1. The van der Waals surface area contributed by atoms with E-state index in [4.69, 9.17) is 4.74 Å². The van der Waals surface area contributed by atoms with Gasteiger partial charge in [0, 0.05) is 37.6 Å². The third kappa shape index (κ3) is 3.71. The molecule has 1 amide bonds. The van der Waals surface area contributed by atoms with E-state index in [0.717, 1.165) is 12.8 Å². The number of carbonyl (C=O) groups is 1. The lowest BCUT2D eigenvalue weighted by molar-refractivity contribution is -0.384. The van der Waals surface area contributed by atoms with Crippen molar-refractivity contribution < 1.29 is 14.5 Å². The van der Waals surface area contributed by atoms with Crippen LogP contribution in [0, 0.1) is 17.0 Å². The summed E-state index contributed by atoms with van der Waals surface area (Å²) in [6.45, 7) is 2.54. The Labute approximate surface area is 149 Å². The molecule has 9 heteroatoms. The highest BCUT2D eigenvalue weighted by Gasteiger charge is 2.27. The highest BCUT2D eigenvalue weighted by Crippen LogP contribution is 2.22. The van der Waals surface area contributed by atoms with Crippen LogP contribution in [0.25, 0.3) is 0 Å². The first kappa shape index (κ1) is 17.6. The maximum atomic E-state index is 12.4. The molecule has 1 saturated heterocycles. The topological polar surface area (TPSA) is 108 Å². The third-order valence-electron chi connectivity index (χ3n) is 4.34. The summed E-state index contributed by atoms with van der Waals surface area (Å²) in [7, 11) is 0. The Balaban J connectivity index is 1.69. The SMILES string of the molecule is Cc1nccn([C@@H]2CCCN(C(=O)Oc3ccc([N+](=O)[O-])cc3)C2)c1=O. The second-order valence-corrected chi connectivity index (χ2v) is 6.09. The summed E-state index contributed by atoms with van der Waals surface area (Å²) in [5.41, 5.74) is 0.177. The minimum absolute atomic E-state index is 0.0738. The van der Waals surface area contributed by atoms with E-state index in [2.05, 4.69) is 4.98 Å². The standard InChI is InChI=1S/C17H18N4O5/c1-12-16(22)20(10-8-18-12)14-3-2-9-19(11-14)17(23)26-15-6-4-13(5-7-15)21(24)25/h4-8,10,14H,2-3,9,11H2,1H3/t14-/m1/s1. The second kappa shape index (κ2) is 7.34. The fourth-order valence-electron chi connectivity index (χ4n) is 2.96. The van der Waals surface area contributed by atoms with Crippen molar-refractivity contribution in [3.05, 3.63) is 62.8 Å². The Morgan fingerprint density at radius 2 is 2.08 bits per heavy atom. The fourth-order valence-corrected chi connectivity index (χ4v) is 2.96. The van der Waals surface area contributed by atoms with Gasteiger partial charge < -0.3 is 14.2 Å². The summed E-state index contributed by atoms with van der Waals surface area (Å²) < 4.78 is 6.90. The van der Waals surface area contributed by atoms with Crippen LogP contribution in [0.2, 0.25) is 0 Å². The average Bonchev–Trinajstić information content (AvgIpc) is 2.64. The first-order valence-corrected chi connectivity index (χ1v) is 8.20. The first-order valence-electron chi connectivity index (χ1n) is 8.20. The molecular formula is C17H18N4O5. The number of amides is 1. The molecule has 3 rings (SSSR count). The van der Waals surface area contributed by atoms with Crippen molar-refractivity contribution in [3.63, 3.8) is 0 Å². The van der Waals surface area contributed by atoms with Crippen molar-refractivity contribution in [1.29, 1.82) is 0 Å².